The van der Waals surface area contributed by atoms with Gasteiger partial charge in [0.1, 0.15) is 0 Å². The molecule has 1 aromatic carbocycles. The molecule has 2 atom stereocenters. The Hall–Kier alpha value is -1.08. The molecule has 1 aliphatic heterocycles. The van der Waals surface area contributed by atoms with Crippen LogP contribution in [0.3, 0.4) is 0 Å². The summed E-state index contributed by atoms with van der Waals surface area (Å²) >= 11 is 0. The van der Waals surface area contributed by atoms with Gasteiger partial charge in [0.25, 0.3) is 0 Å². The SMILES string of the molecule is C[C@H]1C=C2c3ccccc3CC[C@H]2N(C)C1. The Balaban J connectivity index is 2.10. The molecule has 84 valence electrons. The minimum atomic E-state index is 0.658. The maximum absolute atomic E-state index is 2.52. The van der Waals surface area contributed by atoms with E-state index in [9.17, 15) is 0 Å². The maximum atomic E-state index is 2.52. The predicted octanol–water partition coefficient (Wildman–Crippen LogP) is 2.97. The summed E-state index contributed by atoms with van der Waals surface area (Å²) in [7, 11) is 2.27. The molecule has 0 spiro atoms. The van der Waals surface area contributed by atoms with Crippen molar-refractivity contribution in [2.24, 2.45) is 5.92 Å². The Morgan fingerprint density at radius 1 is 1.25 bits per heavy atom. The van der Waals surface area contributed by atoms with Gasteiger partial charge in [-0.25, -0.2) is 0 Å². The summed E-state index contributed by atoms with van der Waals surface area (Å²) in [5.74, 6) is 0.683. The van der Waals surface area contributed by atoms with Crippen molar-refractivity contribution in [1.29, 1.82) is 0 Å². The van der Waals surface area contributed by atoms with Crippen molar-refractivity contribution in [3.8, 4) is 0 Å². The van der Waals surface area contributed by atoms with Gasteiger partial charge < -0.3 is 0 Å². The number of rotatable bonds is 0. The van der Waals surface area contributed by atoms with Gasteiger partial charge in [-0.1, -0.05) is 37.3 Å². The number of likely N-dealkylation sites (N-methyl/N-ethyl adjacent to an activating group) is 1. The molecule has 3 rings (SSSR count). The average molecular weight is 213 g/mol. The normalized spacial score (nSPS) is 29.2. The molecule has 0 N–H and O–H groups in total. The summed E-state index contributed by atoms with van der Waals surface area (Å²) in [6, 6.07) is 9.56. The van der Waals surface area contributed by atoms with Crippen LogP contribution in [0.5, 0.6) is 0 Å². The molecule has 1 aliphatic carbocycles. The van der Waals surface area contributed by atoms with E-state index in [4.69, 9.17) is 0 Å². The van der Waals surface area contributed by atoms with Gasteiger partial charge >= 0.3 is 0 Å². The fourth-order valence-corrected chi connectivity index (χ4v) is 3.25. The average Bonchev–Trinajstić information content (AvgIpc) is 2.28. The monoisotopic (exact) mass is 213 g/mol. The van der Waals surface area contributed by atoms with Gasteiger partial charge in [-0.3, -0.25) is 4.90 Å². The highest BCUT2D eigenvalue weighted by Gasteiger charge is 2.30. The second kappa shape index (κ2) is 3.74. The Morgan fingerprint density at radius 2 is 2.06 bits per heavy atom. The number of aryl methyl sites for hydroxylation is 1. The fraction of sp³-hybridized carbons (Fsp3) is 0.467. The van der Waals surface area contributed by atoms with E-state index < -0.39 is 0 Å². The van der Waals surface area contributed by atoms with Crippen LogP contribution in [0.25, 0.3) is 5.57 Å². The Kier molecular flexibility index (Phi) is 2.36. The van der Waals surface area contributed by atoms with Crippen LogP contribution >= 0.6 is 0 Å². The number of nitrogens with zero attached hydrogens (tertiary/aromatic N) is 1. The standard InChI is InChI=1S/C15H19N/c1-11-9-14-13-6-4-3-5-12(13)7-8-15(14)16(2)10-11/h3-6,9,11,15H,7-8,10H2,1-2H3/t11-,15+/m0/s1. The van der Waals surface area contributed by atoms with Crippen molar-refractivity contribution in [2.75, 3.05) is 13.6 Å². The van der Waals surface area contributed by atoms with Gasteiger partial charge in [0.05, 0.1) is 0 Å². The molecule has 16 heavy (non-hydrogen) atoms. The second-order valence-electron chi connectivity index (χ2n) is 5.25. The van der Waals surface area contributed by atoms with Gasteiger partial charge in [0.2, 0.25) is 0 Å². The third kappa shape index (κ3) is 1.51. The Labute approximate surface area is 97.8 Å². The summed E-state index contributed by atoms with van der Waals surface area (Å²) in [6.07, 6.45) is 5.01. The molecular formula is C15H19N. The lowest BCUT2D eigenvalue weighted by molar-refractivity contribution is 0.241. The van der Waals surface area contributed by atoms with Gasteiger partial charge in [-0.2, -0.15) is 0 Å². The van der Waals surface area contributed by atoms with Crippen molar-refractivity contribution >= 4 is 5.57 Å². The van der Waals surface area contributed by atoms with E-state index in [0.29, 0.717) is 12.0 Å². The van der Waals surface area contributed by atoms with E-state index in [1.165, 1.54) is 30.5 Å². The highest BCUT2D eigenvalue weighted by atomic mass is 15.1. The molecule has 0 saturated heterocycles. The van der Waals surface area contributed by atoms with Crippen molar-refractivity contribution in [1.82, 2.24) is 4.90 Å². The molecule has 0 amide bonds. The lowest BCUT2D eigenvalue weighted by atomic mass is 9.79. The Morgan fingerprint density at radius 3 is 2.94 bits per heavy atom. The predicted molar refractivity (Wildman–Crippen MR) is 68.3 cm³/mol. The fourth-order valence-electron chi connectivity index (χ4n) is 3.25. The maximum Gasteiger partial charge on any atom is 0.0351 e. The molecule has 0 radical (unpaired) electrons. The molecule has 1 heterocycles. The second-order valence-corrected chi connectivity index (χ2v) is 5.25. The number of hydrogen-bond donors (Lipinski definition) is 0. The van der Waals surface area contributed by atoms with E-state index in [1.807, 2.05) is 0 Å². The third-order valence-corrected chi connectivity index (χ3v) is 3.95. The zero-order valence-electron chi connectivity index (χ0n) is 10.1. The largest absolute Gasteiger partial charge is 0.299 e. The number of benzene rings is 1. The molecule has 2 aliphatic rings. The first kappa shape index (κ1) is 10.1. The molecule has 1 heteroatoms. The molecule has 1 nitrogen and oxygen atoms in total. The smallest absolute Gasteiger partial charge is 0.0351 e. The van der Waals surface area contributed by atoms with Crippen molar-refractivity contribution in [2.45, 2.75) is 25.8 Å². The summed E-state index contributed by atoms with van der Waals surface area (Å²) < 4.78 is 0. The molecule has 0 aromatic heterocycles. The van der Waals surface area contributed by atoms with E-state index in [1.54, 1.807) is 5.57 Å². The van der Waals surface area contributed by atoms with Crippen molar-refractivity contribution in [3.05, 3.63) is 41.5 Å². The van der Waals surface area contributed by atoms with Gasteiger partial charge in [0, 0.05) is 12.6 Å². The lowest BCUT2D eigenvalue weighted by Gasteiger charge is -2.40. The zero-order valence-corrected chi connectivity index (χ0v) is 10.1. The third-order valence-electron chi connectivity index (χ3n) is 3.95. The molecule has 1 aromatic rings. The highest BCUT2D eigenvalue weighted by Crippen LogP contribution is 2.37. The summed E-state index contributed by atoms with van der Waals surface area (Å²) in [5, 5.41) is 0. The van der Waals surface area contributed by atoms with Gasteiger partial charge in [-0.05, 0) is 42.5 Å². The van der Waals surface area contributed by atoms with E-state index in [-0.39, 0.29) is 0 Å². The number of fused-ring (bicyclic) bond motifs is 3. The number of hydrogen-bond acceptors (Lipinski definition) is 1. The molecular weight excluding hydrogens is 194 g/mol. The first-order valence-electron chi connectivity index (χ1n) is 6.26. The van der Waals surface area contributed by atoms with E-state index in [2.05, 4.69) is 49.2 Å². The van der Waals surface area contributed by atoms with Gasteiger partial charge in [-0.15, -0.1) is 0 Å². The van der Waals surface area contributed by atoms with Crippen molar-refractivity contribution < 1.29 is 0 Å². The zero-order chi connectivity index (χ0) is 11.1. The minimum Gasteiger partial charge on any atom is -0.299 e. The van der Waals surface area contributed by atoms with Crippen LogP contribution < -0.4 is 0 Å². The van der Waals surface area contributed by atoms with Crippen LogP contribution in [0.2, 0.25) is 0 Å². The van der Waals surface area contributed by atoms with Crippen LogP contribution in [0, 0.1) is 5.92 Å². The molecule has 0 unspecified atom stereocenters. The van der Waals surface area contributed by atoms with Crippen LogP contribution in [0.1, 0.15) is 24.5 Å². The van der Waals surface area contributed by atoms with Crippen LogP contribution in [0.4, 0.5) is 0 Å². The molecule has 0 bridgehead atoms. The minimum absolute atomic E-state index is 0.658. The van der Waals surface area contributed by atoms with Crippen molar-refractivity contribution in [3.63, 3.8) is 0 Å². The quantitative estimate of drug-likeness (QED) is 0.640. The van der Waals surface area contributed by atoms with Crippen LogP contribution in [0.15, 0.2) is 30.3 Å². The molecule has 0 saturated carbocycles. The Bertz CT molecular complexity index is 433. The van der Waals surface area contributed by atoms with Gasteiger partial charge in [0.15, 0.2) is 0 Å². The molecule has 0 fully saturated rings. The van der Waals surface area contributed by atoms with Crippen LogP contribution in [-0.2, 0) is 6.42 Å². The van der Waals surface area contributed by atoms with E-state index in [0.717, 1.165) is 0 Å². The first-order chi connectivity index (χ1) is 7.75. The summed E-state index contributed by atoms with van der Waals surface area (Å²) in [6.45, 7) is 3.52. The highest BCUT2D eigenvalue weighted by molar-refractivity contribution is 5.74. The van der Waals surface area contributed by atoms with E-state index >= 15 is 0 Å². The summed E-state index contributed by atoms with van der Waals surface area (Å²) in [5.41, 5.74) is 4.60. The summed E-state index contributed by atoms with van der Waals surface area (Å²) in [4.78, 5) is 2.52. The van der Waals surface area contributed by atoms with Crippen LogP contribution in [-0.4, -0.2) is 24.5 Å². The first-order valence-corrected chi connectivity index (χ1v) is 6.26. The lowest BCUT2D eigenvalue weighted by Crippen LogP contribution is -2.41. The topological polar surface area (TPSA) is 3.24 Å².